The zero-order valence-electron chi connectivity index (χ0n) is 29.4. The van der Waals surface area contributed by atoms with Crippen LogP contribution in [0.25, 0.3) is 33.6 Å². The van der Waals surface area contributed by atoms with Crippen LogP contribution in [0.4, 0.5) is 4.79 Å². The molecule has 2 fully saturated rings. The zero-order valence-corrected chi connectivity index (χ0v) is 29.4. The van der Waals surface area contributed by atoms with Gasteiger partial charge in [-0.1, -0.05) is 63.2 Å². The Morgan fingerprint density at radius 3 is 2.26 bits per heavy atom. The number of fused-ring (bicyclic) bond motifs is 6. The maximum atomic E-state index is 13.7. The normalized spacial score (nSPS) is 21.3. The lowest BCUT2D eigenvalue weighted by atomic mass is 9.93. The number of aromatic amines is 2. The molecule has 50 heavy (non-hydrogen) atoms. The van der Waals surface area contributed by atoms with E-state index >= 15 is 0 Å². The van der Waals surface area contributed by atoms with Crippen LogP contribution in [0.2, 0.25) is 0 Å². The van der Waals surface area contributed by atoms with E-state index in [0.717, 1.165) is 89.5 Å². The van der Waals surface area contributed by atoms with Crippen LogP contribution in [0.3, 0.4) is 0 Å². The second-order valence-electron chi connectivity index (χ2n) is 14.3. The van der Waals surface area contributed by atoms with E-state index in [1.54, 1.807) is 0 Å². The molecule has 4 atom stereocenters. The molecule has 4 aromatic rings. The summed E-state index contributed by atoms with van der Waals surface area (Å²) in [6, 6.07) is 14.1. The number of H-pyrrole nitrogens is 2. The van der Waals surface area contributed by atoms with Gasteiger partial charge in [0.2, 0.25) is 11.8 Å². The Morgan fingerprint density at radius 2 is 1.50 bits per heavy atom. The number of imidazole rings is 2. The summed E-state index contributed by atoms with van der Waals surface area (Å²) in [5, 5.41) is 2.79. The molecule has 3 aliphatic rings. The Labute approximate surface area is 293 Å². The summed E-state index contributed by atoms with van der Waals surface area (Å²) in [6.07, 6.45) is 8.68. The van der Waals surface area contributed by atoms with Crippen molar-refractivity contribution in [3.8, 4) is 33.6 Å². The van der Waals surface area contributed by atoms with Gasteiger partial charge >= 0.3 is 6.09 Å². The fourth-order valence-electron chi connectivity index (χ4n) is 7.71. The van der Waals surface area contributed by atoms with Crippen LogP contribution in [0.1, 0.15) is 88.6 Å². The van der Waals surface area contributed by atoms with E-state index < -0.39 is 12.1 Å². The highest BCUT2D eigenvalue weighted by molar-refractivity contribution is 5.86. The number of aromatic nitrogens is 4. The molecule has 2 bridgehead atoms. The van der Waals surface area contributed by atoms with E-state index in [9.17, 15) is 14.4 Å². The maximum absolute atomic E-state index is 13.7. The number of rotatable bonds is 6. The lowest BCUT2D eigenvalue weighted by Gasteiger charge is -2.28. The molecule has 2 aromatic heterocycles. The van der Waals surface area contributed by atoms with Gasteiger partial charge in [-0.25, -0.2) is 14.8 Å². The van der Waals surface area contributed by atoms with E-state index in [4.69, 9.17) is 14.7 Å². The minimum Gasteiger partial charge on any atom is -0.453 e. The topological polar surface area (TPSA) is 136 Å². The number of carbonyl (C=O) groups excluding carboxylic acids is 3. The molecule has 11 nitrogen and oxygen atoms in total. The molecular formula is C39H47N7O4. The van der Waals surface area contributed by atoms with Gasteiger partial charge in [-0.3, -0.25) is 9.59 Å². The molecule has 0 unspecified atom stereocenters. The fourth-order valence-corrected chi connectivity index (χ4v) is 7.71. The predicted molar refractivity (Wildman–Crippen MR) is 191 cm³/mol. The molecular weight excluding hydrogens is 630 g/mol. The number of hydrogen-bond donors (Lipinski definition) is 3. The molecule has 0 spiro atoms. The number of carbonyl (C=O) groups is 3. The Balaban J connectivity index is 1.13. The zero-order chi connectivity index (χ0) is 34.9. The van der Waals surface area contributed by atoms with Gasteiger partial charge in [-0.2, -0.15) is 0 Å². The first kappa shape index (κ1) is 33.6. The standard InChI is InChI=1S/C39H47N7O4/c1-23(2)24(3)37(47)45-18-6-10-33(45)35-40-21-31(42-35)26-14-12-25(13-15-26)27-16-17-29-28(20-27)8-5-9-30(44-39(49)50-4)38(48)46-19-7-11-34(46)36-41-22-32(29)43-36/h12-17,20-24,30,33-34H,5-11,18-19H2,1-4H3,(H,40,42)(H,41,43)(H,44,49)/t24-,30-,33-,34-/m0/s1. The van der Waals surface area contributed by atoms with Crippen LogP contribution in [0.5, 0.6) is 0 Å². The SMILES string of the molecule is COC(=O)N[C@H]1CCCc2cc(-c3ccc(-c4cnc([C@@H]5CCCN5C(=O)[C@@H](C)C(C)C)[nH]4)cc3)ccc2-c2cnc([nH]2)[C@@H]2CCCN2C1=O. The molecule has 7 rings (SSSR count). The smallest absolute Gasteiger partial charge is 0.407 e. The number of hydrogen-bond acceptors (Lipinski definition) is 6. The molecule has 11 heteroatoms. The van der Waals surface area contributed by atoms with E-state index in [0.29, 0.717) is 25.3 Å². The van der Waals surface area contributed by atoms with Gasteiger partial charge in [0, 0.05) is 24.6 Å². The molecule has 262 valence electrons. The molecule has 0 saturated carbocycles. The van der Waals surface area contributed by atoms with Crippen molar-refractivity contribution in [1.82, 2.24) is 35.1 Å². The first-order valence-corrected chi connectivity index (χ1v) is 18.0. The van der Waals surface area contributed by atoms with Crippen LogP contribution in [-0.4, -0.2) is 73.9 Å². The Morgan fingerprint density at radius 1 is 0.840 bits per heavy atom. The van der Waals surface area contributed by atoms with Crippen molar-refractivity contribution in [3.63, 3.8) is 0 Å². The van der Waals surface area contributed by atoms with Gasteiger partial charge < -0.3 is 29.8 Å². The summed E-state index contributed by atoms with van der Waals surface area (Å²) in [5.74, 6) is 2.01. The van der Waals surface area contributed by atoms with Crippen molar-refractivity contribution in [1.29, 1.82) is 0 Å². The molecule has 2 saturated heterocycles. The second kappa shape index (κ2) is 14.1. The molecule has 3 aliphatic heterocycles. The van der Waals surface area contributed by atoms with Crippen LogP contribution < -0.4 is 5.32 Å². The third-order valence-corrected chi connectivity index (χ3v) is 10.9. The molecule has 3 N–H and O–H groups in total. The van der Waals surface area contributed by atoms with E-state index in [-0.39, 0.29) is 29.8 Å². The highest BCUT2D eigenvalue weighted by atomic mass is 16.5. The number of aryl methyl sites for hydroxylation is 1. The first-order valence-electron chi connectivity index (χ1n) is 18.0. The maximum Gasteiger partial charge on any atom is 0.407 e. The molecule has 3 amide bonds. The molecule has 2 aromatic carbocycles. The average Bonchev–Trinajstić information content (AvgIpc) is 3.96. The Bertz CT molecular complexity index is 1860. The fraction of sp³-hybridized carbons (Fsp3) is 0.462. The van der Waals surface area contributed by atoms with E-state index in [1.807, 2.05) is 29.1 Å². The lowest BCUT2D eigenvalue weighted by Crippen LogP contribution is -2.48. The van der Waals surface area contributed by atoms with Gasteiger partial charge in [0.15, 0.2) is 0 Å². The number of nitrogens with one attached hydrogen (secondary N) is 3. The van der Waals surface area contributed by atoms with E-state index in [2.05, 4.69) is 71.6 Å². The summed E-state index contributed by atoms with van der Waals surface area (Å²) < 4.78 is 4.86. The van der Waals surface area contributed by atoms with Crippen molar-refractivity contribution in [2.45, 2.75) is 83.8 Å². The minimum absolute atomic E-state index is 0.0162. The van der Waals surface area contributed by atoms with Crippen molar-refractivity contribution in [2.75, 3.05) is 20.2 Å². The van der Waals surface area contributed by atoms with Crippen molar-refractivity contribution in [3.05, 3.63) is 72.1 Å². The second-order valence-corrected chi connectivity index (χ2v) is 14.3. The van der Waals surface area contributed by atoms with Crippen molar-refractivity contribution < 1.29 is 19.1 Å². The Hall–Kier alpha value is -4.93. The number of likely N-dealkylation sites (tertiary alicyclic amines) is 1. The van der Waals surface area contributed by atoms with Gasteiger partial charge in [0.1, 0.15) is 17.7 Å². The van der Waals surface area contributed by atoms with Crippen LogP contribution in [0.15, 0.2) is 54.9 Å². The minimum atomic E-state index is -0.667. The predicted octanol–water partition coefficient (Wildman–Crippen LogP) is 6.81. The monoisotopic (exact) mass is 677 g/mol. The molecule has 0 aliphatic carbocycles. The number of benzene rings is 2. The summed E-state index contributed by atoms with van der Waals surface area (Å²) in [4.78, 5) is 59.4. The summed E-state index contributed by atoms with van der Waals surface area (Å²) in [5.41, 5.74) is 7.32. The van der Waals surface area contributed by atoms with E-state index in [1.165, 1.54) is 7.11 Å². The van der Waals surface area contributed by atoms with Crippen LogP contribution in [0, 0.1) is 11.8 Å². The number of amides is 3. The number of nitrogens with zero attached hydrogens (tertiary/aromatic N) is 4. The summed E-state index contributed by atoms with van der Waals surface area (Å²) >= 11 is 0. The third-order valence-electron chi connectivity index (χ3n) is 10.9. The highest BCUT2D eigenvalue weighted by Gasteiger charge is 2.37. The average molecular weight is 678 g/mol. The van der Waals surface area contributed by atoms with Crippen LogP contribution >= 0.6 is 0 Å². The number of ether oxygens (including phenoxy) is 1. The molecule has 0 radical (unpaired) electrons. The largest absolute Gasteiger partial charge is 0.453 e. The quantitative estimate of drug-likeness (QED) is 0.205. The Kier molecular flexibility index (Phi) is 9.48. The van der Waals surface area contributed by atoms with Gasteiger partial charge in [-0.15, -0.1) is 0 Å². The van der Waals surface area contributed by atoms with Crippen LogP contribution in [-0.2, 0) is 20.7 Å². The lowest BCUT2D eigenvalue weighted by molar-refractivity contribution is -0.137. The molecule has 5 heterocycles. The number of methoxy groups -OCH3 is 1. The van der Waals surface area contributed by atoms with Crippen molar-refractivity contribution in [2.24, 2.45) is 11.8 Å². The summed E-state index contributed by atoms with van der Waals surface area (Å²) in [6.45, 7) is 7.63. The van der Waals surface area contributed by atoms with Gasteiger partial charge in [-0.05, 0) is 73.1 Å². The number of alkyl carbamates (subject to hydrolysis) is 1. The summed E-state index contributed by atoms with van der Waals surface area (Å²) in [7, 11) is 1.32. The first-order chi connectivity index (χ1) is 24.2. The highest BCUT2D eigenvalue weighted by Crippen LogP contribution is 2.37. The van der Waals surface area contributed by atoms with Gasteiger partial charge in [0.05, 0.1) is 43.0 Å². The third kappa shape index (κ3) is 6.53. The van der Waals surface area contributed by atoms with Crippen molar-refractivity contribution >= 4 is 17.9 Å². The van der Waals surface area contributed by atoms with Gasteiger partial charge in [0.25, 0.3) is 0 Å².